The number of aryl methyl sites for hydroxylation is 1. The molecule has 0 aromatic carbocycles. The van der Waals surface area contributed by atoms with Gasteiger partial charge in [0.25, 0.3) is 5.91 Å². The Bertz CT molecular complexity index is 447. The van der Waals surface area contributed by atoms with Crippen molar-refractivity contribution in [2.75, 3.05) is 39.2 Å². The lowest BCUT2D eigenvalue weighted by Gasteiger charge is -2.24. The van der Waals surface area contributed by atoms with Crippen LogP contribution in [0.1, 0.15) is 29.9 Å². The van der Waals surface area contributed by atoms with Gasteiger partial charge in [-0.15, -0.1) is 0 Å². The minimum absolute atomic E-state index is 0.0257. The first kappa shape index (κ1) is 16.4. The first-order valence-electron chi connectivity index (χ1n) is 6.92. The molecule has 0 saturated carbocycles. The molecule has 1 aromatic rings. The zero-order valence-electron chi connectivity index (χ0n) is 13.1. The van der Waals surface area contributed by atoms with Crippen LogP contribution >= 0.6 is 0 Å². The third-order valence-electron chi connectivity index (χ3n) is 2.89. The van der Waals surface area contributed by atoms with Gasteiger partial charge < -0.3 is 15.0 Å². The molecule has 0 radical (unpaired) electrons. The highest BCUT2D eigenvalue weighted by molar-refractivity contribution is 5.95. The molecule has 1 heterocycles. The van der Waals surface area contributed by atoms with Crippen LogP contribution in [0.4, 0.5) is 5.82 Å². The normalized spacial score (nSPS) is 10.7. The van der Waals surface area contributed by atoms with Gasteiger partial charge in [-0.2, -0.15) is 0 Å². The van der Waals surface area contributed by atoms with Gasteiger partial charge in [-0.25, -0.2) is 4.98 Å². The van der Waals surface area contributed by atoms with Crippen LogP contribution in [0.15, 0.2) is 12.1 Å². The van der Waals surface area contributed by atoms with Crippen molar-refractivity contribution >= 4 is 11.7 Å². The molecule has 0 saturated heterocycles. The molecule has 0 aliphatic carbocycles. The number of hydrogen-bond acceptors (Lipinski definition) is 4. The fourth-order valence-corrected chi connectivity index (χ4v) is 2.02. The summed E-state index contributed by atoms with van der Waals surface area (Å²) >= 11 is 0. The highest BCUT2D eigenvalue weighted by Crippen LogP contribution is 2.13. The second-order valence-corrected chi connectivity index (χ2v) is 5.27. The van der Waals surface area contributed by atoms with E-state index in [1.165, 1.54) is 0 Å². The molecular formula is C15H25N3O2. The van der Waals surface area contributed by atoms with Gasteiger partial charge in [0.05, 0.1) is 6.61 Å². The van der Waals surface area contributed by atoms with E-state index in [4.69, 9.17) is 4.74 Å². The predicted molar refractivity (Wildman–Crippen MR) is 81.1 cm³/mol. The van der Waals surface area contributed by atoms with Crippen molar-refractivity contribution in [1.82, 2.24) is 9.88 Å². The molecule has 0 aliphatic rings. The average Bonchev–Trinajstić information content (AvgIpc) is 2.41. The van der Waals surface area contributed by atoms with Crippen molar-refractivity contribution in [3.63, 3.8) is 0 Å². The fourth-order valence-electron chi connectivity index (χ4n) is 2.02. The number of anilines is 1. The summed E-state index contributed by atoms with van der Waals surface area (Å²) < 4.78 is 5.09. The van der Waals surface area contributed by atoms with Crippen LogP contribution < -0.4 is 5.32 Å². The molecule has 5 nitrogen and oxygen atoms in total. The fraction of sp³-hybridized carbons (Fsp3) is 0.600. The van der Waals surface area contributed by atoms with E-state index in [9.17, 15) is 4.79 Å². The summed E-state index contributed by atoms with van der Waals surface area (Å²) in [6, 6.07) is 3.61. The molecule has 0 fully saturated rings. The molecule has 5 heteroatoms. The van der Waals surface area contributed by atoms with Crippen LogP contribution in [0.25, 0.3) is 0 Å². The quantitative estimate of drug-likeness (QED) is 0.831. The number of methoxy groups -OCH3 is 1. The molecule has 1 rings (SSSR count). The maximum atomic E-state index is 12.6. The van der Waals surface area contributed by atoms with Gasteiger partial charge in [-0.3, -0.25) is 4.79 Å². The van der Waals surface area contributed by atoms with Crippen LogP contribution in [0.2, 0.25) is 0 Å². The van der Waals surface area contributed by atoms with E-state index in [0.717, 1.165) is 12.2 Å². The van der Waals surface area contributed by atoms with Crippen LogP contribution in [0.5, 0.6) is 0 Å². The number of hydrogen-bond donors (Lipinski definition) is 1. The summed E-state index contributed by atoms with van der Waals surface area (Å²) in [6.07, 6.45) is 0. The second kappa shape index (κ2) is 7.85. The lowest BCUT2D eigenvalue weighted by atomic mass is 10.1. The maximum Gasteiger partial charge on any atom is 0.254 e. The van der Waals surface area contributed by atoms with Gasteiger partial charge in [0, 0.05) is 38.5 Å². The van der Waals surface area contributed by atoms with Gasteiger partial charge in [0.1, 0.15) is 5.82 Å². The standard InChI is InChI=1S/C15H25N3O2/c1-11(2)10-18(6-7-20-5)15(19)13-8-12(3)17-14(9-13)16-4/h8-9,11H,6-7,10H2,1-5H3,(H,16,17). The monoisotopic (exact) mass is 279 g/mol. The number of carbonyl (C=O) groups is 1. The van der Waals surface area contributed by atoms with E-state index >= 15 is 0 Å². The third kappa shape index (κ3) is 4.81. The number of aromatic nitrogens is 1. The van der Waals surface area contributed by atoms with Crippen molar-refractivity contribution in [1.29, 1.82) is 0 Å². The molecule has 0 aliphatic heterocycles. The van der Waals surface area contributed by atoms with Crippen LogP contribution in [-0.2, 0) is 4.74 Å². The summed E-state index contributed by atoms with van der Waals surface area (Å²) in [5.74, 6) is 1.16. The van der Waals surface area contributed by atoms with Crippen molar-refractivity contribution < 1.29 is 9.53 Å². The Kier molecular flexibility index (Phi) is 6.45. The summed E-state index contributed by atoms with van der Waals surface area (Å²) in [5.41, 5.74) is 1.50. The van der Waals surface area contributed by atoms with E-state index in [1.54, 1.807) is 20.2 Å². The number of amides is 1. The van der Waals surface area contributed by atoms with Crippen LogP contribution in [0, 0.1) is 12.8 Å². The Morgan fingerprint density at radius 3 is 2.70 bits per heavy atom. The molecule has 0 spiro atoms. The van der Waals surface area contributed by atoms with E-state index in [2.05, 4.69) is 24.1 Å². The molecule has 20 heavy (non-hydrogen) atoms. The largest absolute Gasteiger partial charge is 0.383 e. The van der Waals surface area contributed by atoms with Crippen molar-refractivity contribution in [3.8, 4) is 0 Å². The van der Waals surface area contributed by atoms with Crippen LogP contribution in [-0.4, -0.2) is 49.6 Å². The number of carbonyl (C=O) groups excluding carboxylic acids is 1. The van der Waals surface area contributed by atoms with E-state index < -0.39 is 0 Å². The Balaban J connectivity index is 2.95. The Hall–Kier alpha value is -1.62. The van der Waals surface area contributed by atoms with Crippen molar-refractivity contribution in [3.05, 3.63) is 23.4 Å². The summed E-state index contributed by atoms with van der Waals surface area (Å²) in [6.45, 7) is 7.96. The second-order valence-electron chi connectivity index (χ2n) is 5.27. The average molecular weight is 279 g/mol. The maximum absolute atomic E-state index is 12.6. The van der Waals surface area contributed by atoms with Gasteiger partial charge in [0.15, 0.2) is 0 Å². The lowest BCUT2D eigenvalue weighted by Crippen LogP contribution is -2.36. The minimum Gasteiger partial charge on any atom is -0.383 e. The number of nitrogens with one attached hydrogen (secondary N) is 1. The van der Waals surface area contributed by atoms with Gasteiger partial charge >= 0.3 is 0 Å². The molecule has 1 N–H and O–H groups in total. The first-order chi connectivity index (χ1) is 9.47. The minimum atomic E-state index is 0.0257. The zero-order chi connectivity index (χ0) is 15.1. The molecule has 0 bridgehead atoms. The van der Waals surface area contributed by atoms with Gasteiger partial charge in [-0.05, 0) is 25.0 Å². The highest BCUT2D eigenvalue weighted by atomic mass is 16.5. The van der Waals surface area contributed by atoms with E-state index in [1.807, 2.05) is 17.9 Å². The molecule has 0 atom stereocenters. The SMILES string of the molecule is CNc1cc(C(=O)N(CCOC)CC(C)C)cc(C)n1. The summed E-state index contributed by atoms with van der Waals surface area (Å²) in [7, 11) is 3.45. The Labute approximate surface area is 121 Å². The van der Waals surface area contributed by atoms with Crippen molar-refractivity contribution in [2.45, 2.75) is 20.8 Å². The topological polar surface area (TPSA) is 54.5 Å². The zero-order valence-corrected chi connectivity index (χ0v) is 13.1. The predicted octanol–water partition coefficient (Wildman–Crippen LogP) is 2.18. The number of ether oxygens (including phenoxy) is 1. The molecular weight excluding hydrogens is 254 g/mol. The number of nitrogens with zero attached hydrogens (tertiary/aromatic N) is 2. The Morgan fingerprint density at radius 1 is 1.45 bits per heavy atom. The smallest absolute Gasteiger partial charge is 0.254 e. The third-order valence-corrected chi connectivity index (χ3v) is 2.89. The molecule has 1 aromatic heterocycles. The molecule has 1 amide bonds. The molecule has 0 unspecified atom stereocenters. The Morgan fingerprint density at radius 2 is 2.15 bits per heavy atom. The van der Waals surface area contributed by atoms with E-state index in [0.29, 0.717) is 30.5 Å². The van der Waals surface area contributed by atoms with Gasteiger partial charge in [0.2, 0.25) is 0 Å². The number of pyridine rings is 1. The van der Waals surface area contributed by atoms with Crippen LogP contribution in [0.3, 0.4) is 0 Å². The first-order valence-corrected chi connectivity index (χ1v) is 6.92. The highest BCUT2D eigenvalue weighted by Gasteiger charge is 2.17. The lowest BCUT2D eigenvalue weighted by molar-refractivity contribution is 0.0672. The molecule has 112 valence electrons. The number of rotatable bonds is 7. The van der Waals surface area contributed by atoms with E-state index in [-0.39, 0.29) is 5.91 Å². The summed E-state index contributed by atoms with van der Waals surface area (Å²) in [5, 5.41) is 2.98. The van der Waals surface area contributed by atoms with Gasteiger partial charge in [-0.1, -0.05) is 13.8 Å². The van der Waals surface area contributed by atoms with Crippen molar-refractivity contribution in [2.24, 2.45) is 5.92 Å². The summed E-state index contributed by atoms with van der Waals surface area (Å²) in [4.78, 5) is 18.8.